The fraction of sp³-hybridized carbons (Fsp3) is 0.500. The van der Waals surface area contributed by atoms with Gasteiger partial charge in [0.15, 0.2) is 18.2 Å². The highest BCUT2D eigenvalue weighted by molar-refractivity contribution is 6.05. The van der Waals surface area contributed by atoms with E-state index in [0.29, 0.717) is 37.6 Å². The van der Waals surface area contributed by atoms with Gasteiger partial charge in [-0.2, -0.15) is 0 Å². The van der Waals surface area contributed by atoms with E-state index in [-0.39, 0.29) is 23.7 Å². The number of nitrogens with one attached hydrogen (secondary N) is 1. The number of fused-ring (bicyclic) bond motifs is 1. The Morgan fingerprint density at radius 2 is 1.58 bits per heavy atom. The maximum Gasteiger partial charge on any atom is 0.237 e. The van der Waals surface area contributed by atoms with Crippen LogP contribution in [0.1, 0.15) is 24.0 Å². The maximum absolute atomic E-state index is 12.6. The van der Waals surface area contributed by atoms with Crippen molar-refractivity contribution in [2.24, 2.45) is 11.8 Å². The first-order valence-corrected chi connectivity index (χ1v) is 8.99. The third kappa shape index (κ3) is 3.33. The summed E-state index contributed by atoms with van der Waals surface area (Å²) in [5.74, 6) is 1.02. The summed E-state index contributed by atoms with van der Waals surface area (Å²) in [5.41, 5.74) is 2.21. The van der Waals surface area contributed by atoms with E-state index >= 15 is 0 Å². The predicted molar refractivity (Wildman–Crippen MR) is 96.9 cm³/mol. The maximum atomic E-state index is 12.6. The number of aryl methyl sites for hydroxylation is 1. The van der Waals surface area contributed by atoms with Crippen molar-refractivity contribution in [3.63, 3.8) is 0 Å². The van der Waals surface area contributed by atoms with Gasteiger partial charge in [0.1, 0.15) is 6.54 Å². The summed E-state index contributed by atoms with van der Waals surface area (Å²) in [5, 5.41) is 0. The van der Waals surface area contributed by atoms with Gasteiger partial charge in [-0.05, 0) is 37.5 Å². The van der Waals surface area contributed by atoms with Gasteiger partial charge in [0.05, 0.1) is 33.1 Å². The molecule has 1 unspecified atom stereocenters. The number of carbonyl (C=O) groups is 2. The molecule has 1 aromatic rings. The molecule has 2 amide bonds. The van der Waals surface area contributed by atoms with Crippen LogP contribution in [-0.4, -0.2) is 44.7 Å². The standard InChI is InChI=1S/C20H26N2O4/c1-13-9-17(25-3)18(26-4)10-14(13)11-21(2)12-22-19(23)15-7-5-6-8-16(15)20(22)24/h5-6,9-10,15-16H,7-8,11-12H2,1-4H3/p+1/t15-,16+. The lowest BCUT2D eigenvalue weighted by molar-refractivity contribution is -0.901. The van der Waals surface area contributed by atoms with Crippen LogP contribution in [0.15, 0.2) is 24.3 Å². The molecular weight excluding hydrogens is 332 g/mol. The highest BCUT2D eigenvalue weighted by atomic mass is 16.5. The zero-order valence-corrected chi connectivity index (χ0v) is 15.9. The quantitative estimate of drug-likeness (QED) is 0.607. The van der Waals surface area contributed by atoms with Crippen molar-refractivity contribution in [1.29, 1.82) is 0 Å². The number of imide groups is 1. The van der Waals surface area contributed by atoms with Crippen molar-refractivity contribution in [2.75, 3.05) is 27.9 Å². The van der Waals surface area contributed by atoms with Crippen LogP contribution in [0.3, 0.4) is 0 Å². The Morgan fingerprint density at radius 1 is 1.04 bits per heavy atom. The highest BCUT2D eigenvalue weighted by Gasteiger charge is 2.48. The van der Waals surface area contributed by atoms with Crippen LogP contribution in [0.25, 0.3) is 0 Å². The van der Waals surface area contributed by atoms with Crippen LogP contribution >= 0.6 is 0 Å². The SMILES string of the molecule is COc1cc(C)c(C[NH+](C)CN2C(=O)[C@H]3CC=CC[C@H]3C2=O)cc1OC. The molecule has 6 nitrogen and oxygen atoms in total. The molecule has 3 atom stereocenters. The molecule has 0 bridgehead atoms. The number of hydrogen-bond acceptors (Lipinski definition) is 4. The molecule has 26 heavy (non-hydrogen) atoms. The van der Waals surface area contributed by atoms with Gasteiger partial charge in [-0.1, -0.05) is 12.2 Å². The number of nitrogens with zero attached hydrogens (tertiary/aromatic N) is 1. The van der Waals surface area contributed by atoms with Crippen LogP contribution < -0.4 is 14.4 Å². The zero-order valence-electron chi connectivity index (χ0n) is 15.9. The molecule has 1 N–H and O–H groups in total. The van der Waals surface area contributed by atoms with Crippen LogP contribution in [-0.2, 0) is 16.1 Å². The number of methoxy groups -OCH3 is 2. The summed E-state index contributed by atoms with van der Waals surface area (Å²) in [6, 6.07) is 3.92. The number of carbonyl (C=O) groups excluding carboxylic acids is 2. The van der Waals surface area contributed by atoms with Crippen LogP contribution in [0.2, 0.25) is 0 Å². The van der Waals surface area contributed by atoms with Gasteiger partial charge in [-0.3, -0.25) is 9.59 Å². The van der Waals surface area contributed by atoms with Crippen molar-refractivity contribution < 1.29 is 24.0 Å². The van der Waals surface area contributed by atoms with E-state index in [9.17, 15) is 9.59 Å². The first-order valence-electron chi connectivity index (χ1n) is 8.99. The van der Waals surface area contributed by atoms with Crippen LogP contribution in [0.4, 0.5) is 0 Å². The number of benzene rings is 1. The van der Waals surface area contributed by atoms with Crippen molar-refractivity contribution >= 4 is 11.8 Å². The molecule has 2 aliphatic rings. The molecule has 1 saturated heterocycles. The minimum absolute atomic E-state index is 0.0206. The molecule has 1 fully saturated rings. The summed E-state index contributed by atoms with van der Waals surface area (Å²) >= 11 is 0. The molecule has 140 valence electrons. The first-order chi connectivity index (χ1) is 12.5. The lowest BCUT2D eigenvalue weighted by Gasteiger charge is -2.22. The molecule has 0 spiro atoms. The van der Waals surface area contributed by atoms with Gasteiger partial charge in [-0.15, -0.1) is 0 Å². The van der Waals surface area contributed by atoms with E-state index in [1.807, 2.05) is 38.3 Å². The van der Waals surface area contributed by atoms with E-state index in [1.165, 1.54) is 4.90 Å². The Bertz CT molecular complexity index is 718. The largest absolute Gasteiger partial charge is 0.493 e. The van der Waals surface area contributed by atoms with Gasteiger partial charge in [0, 0.05) is 5.56 Å². The van der Waals surface area contributed by atoms with E-state index in [4.69, 9.17) is 9.47 Å². The third-order valence-electron chi connectivity index (χ3n) is 5.36. The molecule has 0 saturated carbocycles. The molecule has 1 aliphatic carbocycles. The number of rotatable bonds is 6. The minimum atomic E-state index is -0.164. The Hall–Kier alpha value is -2.34. The fourth-order valence-electron chi connectivity index (χ4n) is 3.89. The van der Waals surface area contributed by atoms with E-state index < -0.39 is 0 Å². The monoisotopic (exact) mass is 359 g/mol. The van der Waals surface area contributed by atoms with Crippen molar-refractivity contribution in [3.05, 3.63) is 35.4 Å². The van der Waals surface area contributed by atoms with Gasteiger partial charge in [0.2, 0.25) is 11.8 Å². The minimum Gasteiger partial charge on any atom is -0.493 e. The van der Waals surface area contributed by atoms with Crippen molar-refractivity contribution in [2.45, 2.75) is 26.3 Å². The molecule has 6 heteroatoms. The molecule has 0 aromatic heterocycles. The number of hydrogen-bond donors (Lipinski definition) is 1. The topological polar surface area (TPSA) is 60.3 Å². The van der Waals surface area contributed by atoms with Gasteiger partial charge < -0.3 is 14.4 Å². The average molecular weight is 359 g/mol. The van der Waals surface area contributed by atoms with E-state index in [1.54, 1.807) is 14.2 Å². The summed E-state index contributed by atoms with van der Waals surface area (Å²) in [6.45, 7) is 3.10. The second-order valence-electron chi connectivity index (χ2n) is 7.19. The number of ether oxygens (including phenoxy) is 2. The summed E-state index contributed by atoms with van der Waals surface area (Å²) in [7, 11) is 5.23. The van der Waals surface area contributed by atoms with Crippen LogP contribution in [0.5, 0.6) is 11.5 Å². The molecule has 1 aromatic carbocycles. The van der Waals surface area contributed by atoms with Crippen molar-refractivity contribution in [3.8, 4) is 11.5 Å². The van der Waals surface area contributed by atoms with E-state index in [0.717, 1.165) is 16.0 Å². The van der Waals surface area contributed by atoms with E-state index in [2.05, 4.69) is 0 Å². The Morgan fingerprint density at radius 3 is 2.12 bits per heavy atom. The van der Waals surface area contributed by atoms with Gasteiger partial charge in [-0.25, -0.2) is 4.90 Å². The Labute approximate surface area is 154 Å². The van der Waals surface area contributed by atoms with Gasteiger partial charge in [0.25, 0.3) is 0 Å². The first kappa shape index (κ1) is 18.5. The third-order valence-corrected chi connectivity index (χ3v) is 5.36. The van der Waals surface area contributed by atoms with Crippen LogP contribution in [0, 0.1) is 18.8 Å². The normalized spacial score (nSPS) is 23.2. The number of amides is 2. The molecular formula is C20H27N2O4+. The lowest BCUT2D eigenvalue weighted by Crippen LogP contribution is -3.09. The molecule has 3 rings (SSSR count). The zero-order chi connectivity index (χ0) is 18.8. The number of quaternary nitrogens is 1. The second kappa shape index (κ2) is 7.50. The Balaban J connectivity index is 1.70. The number of likely N-dealkylation sites (tertiary alicyclic amines) is 1. The smallest absolute Gasteiger partial charge is 0.237 e. The fourth-order valence-corrected chi connectivity index (χ4v) is 3.89. The molecule has 0 radical (unpaired) electrons. The summed E-state index contributed by atoms with van der Waals surface area (Å²) in [4.78, 5) is 27.8. The lowest BCUT2D eigenvalue weighted by atomic mass is 9.85. The van der Waals surface area contributed by atoms with Crippen molar-refractivity contribution in [1.82, 2.24) is 4.90 Å². The van der Waals surface area contributed by atoms with Gasteiger partial charge >= 0.3 is 0 Å². The summed E-state index contributed by atoms with van der Waals surface area (Å²) in [6.07, 6.45) is 5.39. The summed E-state index contributed by atoms with van der Waals surface area (Å²) < 4.78 is 10.7. The average Bonchev–Trinajstić information content (AvgIpc) is 2.88. The predicted octanol–water partition coefficient (Wildman–Crippen LogP) is 0.936. The second-order valence-corrected chi connectivity index (χ2v) is 7.19. The molecule has 1 heterocycles. The highest BCUT2D eigenvalue weighted by Crippen LogP contribution is 2.34. The molecule has 1 aliphatic heterocycles. The Kier molecular flexibility index (Phi) is 5.32. The number of allylic oxidation sites excluding steroid dienone is 2.